The van der Waals surface area contributed by atoms with E-state index in [9.17, 15) is 9.59 Å². The van der Waals surface area contributed by atoms with Crippen molar-refractivity contribution in [2.24, 2.45) is 0 Å². The molecule has 1 amide bonds. The number of aromatic nitrogens is 1. The minimum Gasteiger partial charge on any atom is -0.449 e. The summed E-state index contributed by atoms with van der Waals surface area (Å²) in [7, 11) is 0. The van der Waals surface area contributed by atoms with Gasteiger partial charge in [0, 0.05) is 5.69 Å². The first-order chi connectivity index (χ1) is 11.5. The molecular formula is C17H17N3O4. The average molecular weight is 327 g/mol. The van der Waals surface area contributed by atoms with Crippen LogP contribution in [0.3, 0.4) is 0 Å². The number of nitriles is 1. The third-order valence-electron chi connectivity index (χ3n) is 3.38. The van der Waals surface area contributed by atoms with Gasteiger partial charge in [-0.2, -0.15) is 5.26 Å². The number of anilines is 1. The minimum absolute atomic E-state index is 0.253. The molecule has 1 aromatic carbocycles. The fraction of sp³-hybridized carbons (Fsp3) is 0.294. The molecule has 24 heavy (non-hydrogen) atoms. The van der Waals surface area contributed by atoms with Crippen LogP contribution < -0.4 is 5.32 Å². The monoisotopic (exact) mass is 327 g/mol. The van der Waals surface area contributed by atoms with E-state index in [1.165, 1.54) is 13.0 Å². The molecule has 7 nitrogen and oxygen atoms in total. The summed E-state index contributed by atoms with van der Waals surface area (Å²) in [5, 5.41) is 15.2. The minimum atomic E-state index is -1.01. The molecule has 0 fully saturated rings. The molecule has 0 spiro atoms. The van der Waals surface area contributed by atoms with Crippen molar-refractivity contribution in [3.63, 3.8) is 0 Å². The quantitative estimate of drug-likeness (QED) is 0.846. The number of benzene rings is 1. The van der Waals surface area contributed by atoms with Gasteiger partial charge in [0.1, 0.15) is 11.3 Å². The summed E-state index contributed by atoms with van der Waals surface area (Å²) in [6.07, 6.45) is -0.495. The summed E-state index contributed by atoms with van der Waals surface area (Å²) in [5.74, 6) is -0.796. The molecular weight excluding hydrogens is 310 g/mol. The number of rotatable bonds is 5. The van der Waals surface area contributed by atoms with Crippen molar-refractivity contribution in [1.82, 2.24) is 5.16 Å². The zero-order chi connectivity index (χ0) is 17.7. The molecule has 0 aliphatic heterocycles. The largest absolute Gasteiger partial charge is 0.449 e. The first-order valence-electron chi connectivity index (χ1n) is 7.43. The van der Waals surface area contributed by atoms with Crippen LogP contribution in [0.25, 0.3) is 0 Å². The maximum Gasteiger partial charge on any atom is 0.344 e. The Morgan fingerprint density at radius 2 is 2.21 bits per heavy atom. The highest BCUT2D eigenvalue weighted by Crippen LogP contribution is 2.17. The number of hydrogen-bond donors (Lipinski definition) is 1. The molecule has 0 unspecified atom stereocenters. The fourth-order valence-electron chi connectivity index (χ4n) is 2.10. The fourth-order valence-corrected chi connectivity index (χ4v) is 2.10. The van der Waals surface area contributed by atoms with Gasteiger partial charge in [0.25, 0.3) is 5.91 Å². The topological polar surface area (TPSA) is 105 Å². The van der Waals surface area contributed by atoms with Gasteiger partial charge in [0.15, 0.2) is 6.10 Å². The van der Waals surface area contributed by atoms with Crippen molar-refractivity contribution in [3.05, 3.63) is 46.8 Å². The Hall–Kier alpha value is -3.14. The third kappa shape index (κ3) is 3.79. The number of hydrogen-bond acceptors (Lipinski definition) is 6. The van der Waals surface area contributed by atoms with Gasteiger partial charge in [-0.1, -0.05) is 18.1 Å². The van der Waals surface area contributed by atoms with Gasteiger partial charge in [-0.3, -0.25) is 4.79 Å². The molecule has 124 valence electrons. The second-order valence-corrected chi connectivity index (χ2v) is 5.14. The molecule has 1 atom stereocenters. The zero-order valence-corrected chi connectivity index (χ0v) is 13.6. The lowest BCUT2D eigenvalue weighted by atomic mass is 10.1. The number of carbonyl (C=O) groups excluding carboxylic acids is 2. The average Bonchev–Trinajstić information content (AvgIpc) is 2.95. The normalized spacial score (nSPS) is 11.4. The lowest BCUT2D eigenvalue weighted by Crippen LogP contribution is -2.30. The van der Waals surface area contributed by atoms with Crippen LogP contribution in [0.5, 0.6) is 0 Å². The van der Waals surface area contributed by atoms with E-state index in [0.717, 1.165) is 0 Å². The highest BCUT2D eigenvalue weighted by atomic mass is 16.5. The number of carbonyl (C=O) groups is 2. The van der Waals surface area contributed by atoms with Crippen LogP contribution in [0.1, 0.15) is 41.2 Å². The molecule has 7 heteroatoms. The highest BCUT2D eigenvalue weighted by Gasteiger charge is 2.25. The van der Waals surface area contributed by atoms with Gasteiger partial charge in [-0.25, -0.2) is 4.79 Å². The number of ether oxygens (including phenoxy) is 1. The van der Waals surface area contributed by atoms with E-state index >= 15 is 0 Å². The summed E-state index contributed by atoms with van der Waals surface area (Å²) in [4.78, 5) is 24.4. The van der Waals surface area contributed by atoms with E-state index in [1.54, 1.807) is 25.1 Å². The summed E-state index contributed by atoms with van der Waals surface area (Å²) in [6, 6.07) is 8.44. The van der Waals surface area contributed by atoms with Gasteiger partial charge in [0.05, 0.1) is 17.3 Å². The van der Waals surface area contributed by atoms with Crippen molar-refractivity contribution < 1.29 is 18.8 Å². The Balaban J connectivity index is 2.04. The first kappa shape index (κ1) is 17.2. The van der Waals surface area contributed by atoms with Crippen molar-refractivity contribution in [2.45, 2.75) is 33.3 Å². The standard InChI is InChI=1S/C17H17N3O4/c1-4-14-15(10(2)24-20-14)17(22)23-11(3)16(21)19-13-7-5-6-12(8-13)9-18/h5-8,11H,4H2,1-3H3,(H,19,21)/t11-/m1/s1. The second kappa shape index (κ2) is 7.42. The molecule has 0 aliphatic rings. The van der Waals surface area contributed by atoms with Gasteiger partial charge < -0.3 is 14.6 Å². The molecule has 0 saturated heterocycles. The zero-order valence-electron chi connectivity index (χ0n) is 13.6. The first-order valence-corrected chi connectivity index (χ1v) is 7.43. The van der Waals surface area contributed by atoms with E-state index in [-0.39, 0.29) is 5.56 Å². The van der Waals surface area contributed by atoms with Crippen LogP contribution in [-0.4, -0.2) is 23.1 Å². The summed E-state index contributed by atoms with van der Waals surface area (Å²) in [5.41, 5.74) is 1.62. The van der Waals surface area contributed by atoms with Crippen LogP contribution in [0, 0.1) is 18.3 Å². The Bertz CT molecular complexity index is 804. The highest BCUT2D eigenvalue weighted by molar-refractivity contribution is 5.98. The summed E-state index contributed by atoms with van der Waals surface area (Å²) < 4.78 is 10.2. The number of esters is 1. The van der Waals surface area contributed by atoms with Crippen molar-refractivity contribution >= 4 is 17.6 Å². The van der Waals surface area contributed by atoms with E-state index in [1.807, 2.05) is 13.0 Å². The molecule has 0 radical (unpaired) electrons. The van der Waals surface area contributed by atoms with Gasteiger partial charge >= 0.3 is 5.97 Å². The molecule has 1 aromatic heterocycles. The van der Waals surface area contributed by atoms with E-state index in [0.29, 0.717) is 29.1 Å². The van der Waals surface area contributed by atoms with Crippen LogP contribution in [0.2, 0.25) is 0 Å². The molecule has 0 saturated carbocycles. The molecule has 1 heterocycles. The Kier molecular flexibility index (Phi) is 5.32. The lowest BCUT2D eigenvalue weighted by Gasteiger charge is -2.13. The predicted octanol–water partition coefficient (Wildman–Crippen LogP) is 2.60. The number of nitrogens with one attached hydrogen (secondary N) is 1. The number of amides is 1. The van der Waals surface area contributed by atoms with Crippen molar-refractivity contribution in [2.75, 3.05) is 5.32 Å². The van der Waals surface area contributed by atoms with E-state index in [2.05, 4.69) is 10.5 Å². The van der Waals surface area contributed by atoms with Crippen molar-refractivity contribution in [1.29, 1.82) is 5.26 Å². The van der Waals surface area contributed by atoms with Gasteiger partial charge in [-0.05, 0) is 38.5 Å². The van der Waals surface area contributed by atoms with E-state index in [4.69, 9.17) is 14.5 Å². The van der Waals surface area contributed by atoms with Gasteiger partial charge in [-0.15, -0.1) is 0 Å². The third-order valence-corrected chi connectivity index (χ3v) is 3.38. The van der Waals surface area contributed by atoms with Crippen LogP contribution in [-0.2, 0) is 16.0 Å². The molecule has 0 bridgehead atoms. The molecule has 2 aromatic rings. The van der Waals surface area contributed by atoms with Gasteiger partial charge in [0.2, 0.25) is 0 Å². The van der Waals surface area contributed by atoms with E-state index < -0.39 is 18.0 Å². The number of nitrogens with zero attached hydrogens (tertiary/aromatic N) is 2. The van der Waals surface area contributed by atoms with Crippen LogP contribution in [0.15, 0.2) is 28.8 Å². The van der Waals surface area contributed by atoms with Crippen molar-refractivity contribution in [3.8, 4) is 6.07 Å². The van der Waals surface area contributed by atoms with Crippen LogP contribution >= 0.6 is 0 Å². The Morgan fingerprint density at radius 3 is 2.88 bits per heavy atom. The molecule has 2 rings (SSSR count). The Labute approximate surface area is 139 Å². The summed E-state index contributed by atoms with van der Waals surface area (Å²) >= 11 is 0. The maximum absolute atomic E-state index is 12.2. The molecule has 1 N–H and O–H groups in total. The lowest BCUT2D eigenvalue weighted by molar-refractivity contribution is -0.123. The van der Waals surface area contributed by atoms with Crippen LogP contribution in [0.4, 0.5) is 5.69 Å². The predicted molar refractivity (Wildman–Crippen MR) is 85.3 cm³/mol. The molecule has 0 aliphatic carbocycles. The maximum atomic E-state index is 12.2. The number of aryl methyl sites for hydroxylation is 2. The summed E-state index contributed by atoms with van der Waals surface area (Å²) in [6.45, 7) is 4.92. The SMILES string of the molecule is CCc1noc(C)c1C(=O)O[C@H](C)C(=O)Nc1cccc(C#N)c1. The Morgan fingerprint density at radius 1 is 1.46 bits per heavy atom. The smallest absolute Gasteiger partial charge is 0.344 e. The second-order valence-electron chi connectivity index (χ2n) is 5.14.